The van der Waals surface area contributed by atoms with Crippen molar-refractivity contribution in [1.82, 2.24) is 24.4 Å². The average molecular weight is 543 g/mol. The van der Waals surface area contributed by atoms with Crippen LogP contribution >= 0.6 is 0 Å². The number of anilines is 1. The first-order valence-corrected chi connectivity index (χ1v) is 14.3. The summed E-state index contributed by atoms with van der Waals surface area (Å²) < 4.78 is 29.9. The number of sulfone groups is 1. The summed E-state index contributed by atoms with van der Waals surface area (Å²) in [5.41, 5.74) is 9.31. The third kappa shape index (κ3) is 4.82. The van der Waals surface area contributed by atoms with Crippen molar-refractivity contribution in [3.8, 4) is 17.2 Å². The summed E-state index contributed by atoms with van der Waals surface area (Å²) in [6, 6.07) is 19.5. The van der Waals surface area contributed by atoms with Crippen LogP contribution in [0.5, 0.6) is 0 Å². The lowest BCUT2D eigenvalue weighted by atomic mass is 10.1. The van der Waals surface area contributed by atoms with E-state index in [1.807, 2.05) is 28.8 Å². The Kier molecular flexibility index (Phi) is 6.45. The molecule has 1 aliphatic rings. The molecule has 0 bridgehead atoms. The zero-order valence-electron chi connectivity index (χ0n) is 21.1. The van der Waals surface area contributed by atoms with E-state index in [1.54, 1.807) is 54.9 Å². The second-order valence-corrected chi connectivity index (χ2v) is 11.9. The van der Waals surface area contributed by atoms with Gasteiger partial charge in [-0.15, -0.1) is 0 Å². The highest BCUT2D eigenvalue weighted by Gasteiger charge is 2.31. The molecule has 10 nitrogen and oxygen atoms in total. The fourth-order valence-electron chi connectivity index (χ4n) is 5.15. The Labute approximate surface area is 225 Å². The minimum atomic E-state index is -3.50. The molecule has 1 aliphatic heterocycles. The molecule has 39 heavy (non-hydrogen) atoms. The number of benzene rings is 1. The second kappa shape index (κ2) is 10.1. The first kappa shape index (κ1) is 25.0. The molecular formula is C28H28N7O3S+. The minimum Gasteiger partial charge on any atom is -0.384 e. The Balaban J connectivity index is 1.24. The highest BCUT2D eigenvalue weighted by atomic mass is 32.2. The zero-order valence-corrected chi connectivity index (χ0v) is 21.9. The number of nitrogens with zero attached hydrogens (tertiary/aromatic N) is 6. The molecule has 0 spiro atoms. The molecule has 6 rings (SSSR count). The smallest absolute Gasteiger partial charge is 0.300 e. The van der Waals surface area contributed by atoms with E-state index >= 15 is 0 Å². The third-order valence-electron chi connectivity index (χ3n) is 7.13. The maximum Gasteiger partial charge on any atom is 0.300 e. The lowest BCUT2D eigenvalue weighted by molar-refractivity contribution is -0.896. The maximum absolute atomic E-state index is 13.5. The van der Waals surface area contributed by atoms with Gasteiger partial charge in [0.1, 0.15) is 11.3 Å². The van der Waals surface area contributed by atoms with E-state index in [1.165, 1.54) is 6.20 Å². The number of piperidine rings is 1. The number of aromatic nitrogens is 5. The number of hydrogen-bond acceptors (Lipinski definition) is 8. The van der Waals surface area contributed by atoms with E-state index in [9.17, 15) is 13.6 Å². The predicted octanol–water partition coefficient (Wildman–Crippen LogP) is 3.03. The topological polar surface area (TPSA) is 131 Å². The number of fused-ring (bicyclic) bond motifs is 1. The van der Waals surface area contributed by atoms with Crippen molar-refractivity contribution in [3.05, 3.63) is 90.9 Å². The van der Waals surface area contributed by atoms with Crippen molar-refractivity contribution < 1.29 is 18.4 Å². The van der Waals surface area contributed by atoms with Crippen LogP contribution < -0.4 is 10.5 Å². The summed E-state index contributed by atoms with van der Waals surface area (Å²) in [4.78, 5) is 15.8. The SMILES string of the molecule is Nc1cc(CN2CCC(S(=O)(=O)c3ccc(-n4c(-c5cccc[n+]5O)nc5cccnc54)cc3)CC2)ccn1. The Morgan fingerprint density at radius 3 is 2.51 bits per heavy atom. The summed E-state index contributed by atoms with van der Waals surface area (Å²) >= 11 is 0. The standard InChI is InChI=1S/C28H28N7O3S/c29-26-18-20(10-14-30-26)19-33-16-11-23(12-17-33)39(37,38)22-8-6-21(7-9-22)35-27-24(4-3-13-31-27)32-28(35)25-5-1-2-15-34(25)36/h1-10,13-15,18,23,36H,11-12,16-17,19H2,(H2,29,30)/q+1. The summed E-state index contributed by atoms with van der Waals surface area (Å²) in [5.74, 6) is 0.977. The molecule has 0 amide bonds. The van der Waals surface area contributed by atoms with Crippen LogP contribution in [0.1, 0.15) is 18.4 Å². The van der Waals surface area contributed by atoms with Crippen LogP contribution in [0.25, 0.3) is 28.4 Å². The van der Waals surface area contributed by atoms with E-state index in [-0.39, 0.29) is 0 Å². The second-order valence-electron chi connectivity index (χ2n) is 9.65. The van der Waals surface area contributed by atoms with Crippen LogP contribution in [0.15, 0.2) is 90.2 Å². The van der Waals surface area contributed by atoms with Gasteiger partial charge in [-0.2, -0.15) is 0 Å². The monoisotopic (exact) mass is 542 g/mol. The van der Waals surface area contributed by atoms with Crippen molar-refractivity contribution in [2.24, 2.45) is 0 Å². The van der Waals surface area contributed by atoms with E-state index in [4.69, 9.17) is 10.7 Å². The number of likely N-dealkylation sites (tertiary alicyclic amines) is 1. The lowest BCUT2D eigenvalue weighted by Crippen LogP contribution is -2.38. The molecule has 1 aromatic carbocycles. The normalized spacial score (nSPS) is 15.1. The van der Waals surface area contributed by atoms with Gasteiger partial charge in [0.05, 0.1) is 10.1 Å². The van der Waals surface area contributed by atoms with Gasteiger partial charge < -0.3 is 5.73 Å². The van der Waals surface area contributed by atoms with E-state index in [2.05, 4.69) is 14.9 Å². The molecular weight excluding hydrogens is 514 g/mol. The van der Waals surface area contributed by atoms with Crippen molar-refractivity contribution in [2.45, 2.75) is 29.5 Å². The molecule has 3 N–H and O–H groups in total. The van der Waals surface area contributed by atoms with Gasteiger partial charge in [-0.25, -0.2) is 23.4 Å². The van der Waals surface area contributed by atoms with Gasteiger partial charge in [-0.05, 0) is 86.1 Å². The Morgan fingerprint density at radius 1 is 0.974 bits per heavy atom. The van der Waals surface area contributed by atoms with Crippen molar-refractivity contribution in [1.29, 1.82) is 0 Å². The quantitative estimate of drug-likeness (QED) is 0.247. The summed E-state index contributed by atoms with van der Waals surface area (Å²) in [7, 11) is -3.50. The number of nitrogens with two attached hydrogens (primary N) is 1. The Bertz CT molecular complexity index is 1750. The molecule has 0 aliphatic carbocycles. The van der Waals surface area contributed by atoms with Gasteiger partial charge in [0, 0.05) is 41.5 Å². The van der Waals surface area contributed by atoms with Crippen LogP contribution in [0.2, 0.25) is 0 Å². The molecule has 0 atom stereocenters. The first-order valence-electron chi connectivity index (χ1n) is 12.7. The van der Waals surface area contributed by atoms with Gasteiger partial charge in [0.15, 0.2) is 15.5 Å². The maximum atomic E-state index is 13.5. The molecule has 198 valence electrons. The van der Waals surface area contributed by atoms with Gasteiger partial charge >= 0.3 is 0 Å². The van der Waals surface area contributed by atoms with Crippen molar-refractivity contribution >= 4 is 26.8 Å². The highest BCUT2D eigenvalue weighted by Crippen LogP contribution is 2.29. The number of nitrogen functional groups attached to an aromatic ring is 1. The predicted molar refractivity (Wildman–Crippen MR) is 146 cm³/mol. The number of imidazole rings is 1. The fraction of sp³-hybridized carbons (Fsp3) is 0.214. The van der Waals surface area contributed by atoms with Crippen LogP contribution in [0.4, 0.5) is 5.82 Å². The summed E-state index contributed by atoms with van der Waals surface area (Å²) in [6.45, 7) is 2.11. The molecule has 0 unspecified atom stereocenters. The van der Waals surface area contributed by atoms with E-state index in [0.29, 0.717) is 65.0 Å². The molecule has 1 saturated heterocycles. The third-order valence-corrected chi connectivity index (χ3v) is 9.41. The Hall–Kier alpha value is -4.35. The first-order chi connectivity index (χ1) is 18.9. The molecule has 11 heteroatoms. The number of hydrogen-bond donors (Lipinski definition) is 2. The summed E-state index contributed by atoms with van der Waals surface area (Å²) in [6.07, 6.45) is 6.03. The number of pyridine rings is 3. The van der Waals surface area contributed by atoms with E-state index in [0.717, 1.165) is 16.8 Å². The molecule has 4 aromatic heterocycles. The molecule has 1 fully saturated rings. The lowest BCUT2D eigenvalue weighted by Gasteiger charge is -2.31. The Morgan fingerprint density at radius 2 is 1.77 bits per heavy atom. The van der Waals surface area contributed by atoms with E-state index < -0.39 is 15.1 Å². The van der Waals surface area contributed by atoms with Gasteiger partial charge in [-0.3, -0.25) is 14.7 Å². The minimum absolute atomic E-state index is 0.294. The molecule has 0 radical (unpaired) electrons. The van der Waals surface area contributed by atoms with Crippen molar-refractivity contribution in [3.63, 3.8) is 0 Å². The van der Waals surface area contributed by atoms with Gasteiger partial charge in [0.2, 0.25) is 12.0 Å². The zero-order chi connectivity index (χ0) is 27.0. The molecule has 0 saturated carbocycles. The van der Waals surface area contributed by atoms with Gasteiger partial charge in [0.25, 0.3) is 5.69 Å². The fourth-order valence-corrected chi connectivity index (χ4v) is 6.88. The van der Waals surface area contributed by atoms with Gasteiger partial charge in [-0.1, -0.05) is 0 Å². The molecule has 5 aromatic rings. The van der Waals surface area contributed by atoms with Crippen LogP contribution in [0.3, 0.4) is 0 Å². The highest BCUT2D eigenvalue weighted by molar-refractivity contribution is 7.92. The van der Waals surface area contributed by atoms with Crippen molar-refractivity contribution in [2.75, 3.05) is 18.8 Å². The largest absolute Gasteiger partial charge is 0.384 e. The summed E-state index contributed by atoms with van der Waals surface area (Å²) in [5, 5.41) is 9.98. The average Bonchev–Trinajstić information content (AvgIpc) is 3.33. The van der Waals surface area contributed by atoms with Crippen LogP contribution in [-0.2, 0) is 16.4 Å². The number of rotatable bonds is 6. The molecule has 5 heterocycles. The van der Waals surface area contributed by atoms with Crippen LogP contribution in [-0.4, -0.2) is 56.4 Å². The van der Waals surface area contributed by atoms with Crippen LogP contribution in [0, 0.1) is 0 Å².